The van der Waals surface area contributed by atoms with Crippen molar-refractivity contribution in [3.8, 4) is 0 Å². The monoisotopic (exact) mass is 525 g/mol. The van der Waals surface area contributed by atoms with Gasteiger partial charge >= 0.3 is 0 Å². The standard InChI is InChI=1S/C20H20BrN3O3S3/c21-16-5-1-15(2-6-16)12-28-20-24-17(13-29-20)11-19(25)23-10-9-14-3-7-18(8-4-14)30(22,26)27/h1-8,13H,9-12H2,(H,23,25)(H2,22,26,27). The zero-order chi connectivity index (χ0) is 21.6. The van der Waals surface area contributed by atoms with Crippen LogP contribution in [0.1, 0.15) is 16.8 Å². The second-order valence-electron chi connectivity index (χ2n) is 6.49. The Kier molecular flexibility index (Phi) is 8.06. The van der Waals surface area contributed by atoms with Gasteiger partial charge in [-0.25, -0.2) is 18.5 Å². The molecule has 1 heterocycles. The summed E-state index contributed by atoms with van der Waals surface area (Å²) in [5.41, 5.74) is 2.89. The predicted molar refractivity (Wildman–Crippen MR) is 124 cm³/mol. The molecule has 1 amide bonds. The molecule has 0 aliphatic carbocycles. The Morgan fingerprint density at radius 2 is 1.77 bits per heavy atom. The van der Waals surface area contributed by atoms with Crippen molar-refractivity contribution in [1.29, 1.82) is 0 Å². The molecule has 2 aromatic carbocycles. The lowest BCUT2D eigenvalue weighted by Crippen LogP contribution is -2.27. The van der Waals surface area contributed by atoms with Gasteiger partial charge in [0.05, 0.1) is 17.0 Å². The highest BCUT2D eigenvalue weighted by atomic mass is 79.9. The highest BCUT2D eigenvalue weighted by Gasteiger charge is 2.09. The van der Waals surface area contributed by atoms with Crippen molar-refractivity contribution in [3.05, 3.63) is 75.2 Å². The van der Waals surface area contributed by atoms with Crippen molar-refractivity contribution in [1.82, 2.24) is 10.3 Å². The van der Waals surface area contributed by atoms with E-state index in [2.05, 4.69) is 38.4 Å². The van der Waals surface area contributed by atoms with Gasteiger partial charge in [-0.2, -0.15) is 0 Å². The van der Waals surface area contributed by atoms with E-state index >= 15 is 0 Å². The molecule has 0 aliphatic heterocycles. The van der Waals surface area contributed by atoms with Gasteiger partial charge in [0.2, 0.25) is 15.9 Å². The number of rotatable bonds is 9. The number of benzene rings is 2. The Morgan fingerprint density at radius 3 is 2.43 bits per heavy atom. The number of primary sulfonamides is 1. The number of halogens is 1. The van der Waals surface area contributed by atoms with Gasteiger partial charge in [-0.15, -0.1) is 11.3 Å². The lowest BCUT2D eigenvalue weighted by atomic mass is 10.1. The Morgan fingerprint density at radius 1 is 1.10 bits per heavy atom. The van der Waals surface area contributed by atoms with Crippen molar-refractivity contribution < 1.29 is 13.2 Å². The molecule has 0 bridgehead atoms. The van der Waals surface area contributed by atoms with Crippen LogP contribution in [0.25, 0.3) is 0 Å². The molecule has 0 saturated heterocycles. The van der Waals surface area contributed by atoms with Crippen LogP contribution in [0.4, 0.5) is 0 Å². The van der Waals surface area contributed by atoms with Crippen LogP contribution in [0.15, 0.2) is 67.6 Å². The topological polar surface area (TPSA) is 102 Å². The minimum atomic E-state index is -3.69. The van der Waals surface area contributed by atoms with E-state index in [1.807, 2.05) is 17.5 Å². The van der Waals surface area contributed by atoms with Crippen molar-refractivity contribution >= 4 is 55.0 Å². The number of hydrogen-bond acceptors (Lipinski definition) is 6. The second-order valence-corrected chi connectivity index (χ2v) is 11.0. The molecule has 3 rings (SSSR count). The number of nitrogens with two attached hydrogens (primary N) is 1. The van der Waals surface area contributed by atoms with Gasteiger partial charge in [0.15, 0.2) is 0 Å². The number of hydrogen-bond donors (Lipinski definition) is 2. The van der Waals surface area contributed by atoms with Crippen LogP contribution in [0.2, 0.25) is 0 Å². The fraction of sp³-hybridized carbons (Fsp3) is 0.200. The average molecular weight is 527 g/mol. The van der Waals surface area contributed by atoms with Crippen LogP contribution in [0.5, 0.6) is 0 Å². The molecule has 0 fully saturated rings. The largest absolute Gasteiger partial charge is 0.355 e. The van der Waals surface area contributed by atoms with Crippen molar-refractivity contribution in [2.24, 2.45) is 5.14 Å². The molecule has 10 heteroatoms. The van der Waals surface area contributed by atoms with E-state index in [4.69, 9.17) is 5.14 Å². The summed E-state index contributed by atoms with van der Waals surface area (Å²) < 4.78 is 24.5. The van der Waals surface area contributed by atoms with Crippen LogP contribution < -0.4 is 10.5 Å². The molecule has 158 valence electrons. The van der Waals surface area contributed by atoms with Crippen LogP contribution in [-0.4, -0.2) is 25.9 Å². The summed E-state index contributed by atoms with van der Waals surface area (Å²) >= 11 is 6.62. The van der Waals surface area contributed by atoms with Gasteiger partial charge in [-0.1, -0.05) is 52.0 Å². The number of nitrogens with zero attached hydrogens (tertiary/aromatic N) is 1. The summed E-state index contributed by atoms with van der Waals surface area (Å²) in [6, 6.07) is 14.5. The molecule has 0 spiro atoms. The average Bonchev–Trinajstić information content (AvgIpc) is 3.14. The summed E-state index contributed by atoms with van der Waals surface area (Å²) in [5.74, 6) is 0.738. The second kappa shape index (κ2) is 10.5. The third-order valence-corrected chi connectivity index (χ3v) is 7.73. The maximum Gasteiger partial charge on any atom is 0.238 e. The zero-order valence-corrected chi connectivity index (χ0v) is 19.9. The quantitative estimate of drug-likeness (QED) is 0.414. The lowest BCUT2D eigenvalue weighted by Gasteiger charge is -2.05. The Hall–Kier alpha value is -1.72. The summed E-state index contributed by atoms with van der Waals surface area (Å²) in [5, 5.41) is 9.86. The lowest BCUT2D eigenvalue weighted by molar-refractivity contribution is -0.120. The number of thioether (sulfide) groups is 1. The van der Waals surface area contributed by atoms with E-state index in [1.54, 1.807) is 35.2 Å². The fourth-order valence-electron chi connectivity index (χ4n) is 2.58. The highest BCUT2D eigenvalue weighted by molar-refractivity contribution is 9.10. The van der Waals surface area contributed by atoms with Gasteiger partial charge in [0.25, 0.3) is 0 Å². The van der Waals surface area contributed by atoms with Crippen LogP contribution in [0, 0.1) is 0 Å². The molecule has 0 aliphatic rings. The summed E-state index contributed by atoms with van der Waals surface area (Å²) in [7, 11) is -3.69. The van der Waals surface area contributed by atoms with Gasteiger partial charge < -0.3 is 5.32 Å². The first kappa shape index (κ1) is 23.0. The van der Waals surface area contributed by atoms with E-state index in [0.717, 1.165) is 25.8 Å². The predicted octanol–water partition coefficient (Wildman–Crippen LogP) is 3.75. The van der Waals surface area contributed by atoms with E-state index in [0.29, 0.717) is 13.0 Å². The molecule has 3 N–H and O–H groups in total. The van der Waals surface area contributed by atoms with Crippen LogP contribution >= 0.6 is 39.0 Å². The third kappa shape index (κ3) is 7.21. The maximum absolute atomic E-state index is 12.2. The first-order valence-electron chi connectivity index (χ1n) is 9.00. The van der Waals surface area contributed by atoms with Gasteiger partial charge in [-0.05, 0) is 41.8 Å². The summed E-state index contributed by atoms with van der Waals surface area (Å²) in [6.07, 6.45) is 0.835. The van der Waals surface area contributed by atoms with Crippen LogP contribution in [-0.2, 0) is 33.4 Å². The fourth-order valence-corrected chi connectivity index (χ4v) is 5.16. The molecule has 6 nitrogen and oxygen atoms in total. The van der Waals surface area contributed by atoms with E-state index in [-0.39, 0.29) is 17.2 Å². The number of sulfonamides is 1. The SMILES string of the molecule is NS(=O)(=O)c1ccc(CCNC(=O)Cc2csc(SCc3ccc(Br)cc3)n2)cc1. The van der Waals surface area contributed by atoms with Gasteiger partial charge in [0, 0.05) is 22.2 Å². The first-order chi connectivity index (χ1) is 14.3. The van der Waals surface area contributed by atoms with Crippen molar-refractivity contribution in [2.75, 3.05) is 6.54 Å². The Labute approximate surface area is 192 Å². The van der Waals surface area contributed by atoms with Crippen molar-refractivity contribution in [3.63, 3.8) is 0 Å². The number of amides is 1. The minimum Gasteiger partial charge on any atom is -0.355 e. The van der Waals surface area contributed by atoms with E-state index in [9.17, 15) is 13.2 Å². The van der Waals surface area contributed by atoms with E-state index in [1.165, 1.54) is 17.7 Å². The number of carbonyl (C=O) groups excluding carboxylic acids is 1. The molecule has 0 saturated carbocycles. The molecular weight excluding hydrogens is 506 g/mol. The Bertz CT molecular complexity index is 1100. The van der Waals surface area contributed by atoms with Gasteiger partial charge in [0.1, 0.15) is 4.34 Å². The number of thiazole rings is 1. The Balaban J connectivity index is 1.41. The summed E-state index contributed by atoms with van der Waals surface area (Å²) in [4.78, 5) is 16.8. The van der Waals surface area contributed by atoms with E-state index < -0.39 is 10.0 Å². The molecule has 0 unspecified atom stereocenters. The molecular formula is C20H20BrN3O3S3. The molecule has 0 atom stereocenters. The smallest absolute Gasteiger partial charge is 0.238 e. The minimum absolute atomic E-state index is 0.0765. The zero-order valence-electron chi connectivity index (χ0n) is 15.9. The molecule has 30 heavy (non-hydrogen) atoms. The highest BCUT2D eigenvalue weighted by Crippen LogP contribution is 2.27. The number of nitrogens with one attached hydrogen (secondary N) is 1. The summed E-state index contributed by atoms with van der Waals surface area (Å²) in [6.45, 7) is 0.461. The third-order valence-electron chi connectivity index (χ3n) is 4.14. The molecule has 1 aromatic heterocycles. The molecule has 0 radical (unpaired) electrons. The normalized spacial score (nSPS) is 11.4. The van der Waals surface area contributed by atoms with Crippen molar-refractivity contribution in [2.45, 2.75) is 27.8 Å². The van der Waals surface area contributed by atoms with Gasteiger partial charge in [-0.3, -0.25) is 4.79 Å². The number of carbonyl (C=O) groups is 1. The molecule has 3 aromatic rings. The number of aromatic nitrogens is 1. The maximum atomic E-state index is 12.2. The van der Waals surface area contributed by atoms with Crippen LogP contribution in [0.3, 0.4) is 0 Å². The first-order valence-corrected chi connectivity index (χ1v) is 13.2.